The van der Waals surface area contributed by atoms with Gasteiger partial charge in [-0.1, -0.05) is 35.0 Å². The van der Waals surface area contributed by atoms with Crippen LogP contribution in [0, 0.1) is 0 Å². The Labute approximate surface area is 91.2 Å². The Morgan fingerprint density at radius 2 is 2.08 bits per heavy atom. The van der Waals surface area contributed by atoms with Crippen LogP contribution >= 0.6 is 35.0 Å². The molecular formula is C7H9Cl2N3S. The highest BCUT2D eigenvalue weighted by Gasteiger charge is 2.09. The molecule has 1 aromatic rings. The van der Waals surface area contributed by atoms with Gasteiger partial charge in [0.05, 0.1) is 0 Å². The van der Waals surface area contributed by atoms with E-state index in [4.69, 9.17) is 23.2 Å². The van der Waals surface area contributed by atoms with Gasteiger partial charge in [-0.3, -0.25) is 0 Å². The van der Waals surface area contributed by atoms with Gasteiger partial charge in [-0.15, -0.1) is 0 Å². The van der Waals surface area contributed by atoms with Crippen molar-refractivity contribution in [2.24, 2.45) is 0 Å². The normalized spacial score (nSPS) is 10.2. The van der Waals surface area contributed by atoms with Crippen molar-refractivity contribution < 1.29 is 0 Å². The van der Waals surface area contributed by atoms with Gasteiger partial charge < -0.3 is 5.32 Å². The van der Waals surface area contributed by atoms with Crippen LogP contribution in [0.4, 0.5) is 5.82 Å². The van der Waals surface area contributed by atoms with Crippen molar-refractivity contribution in [1.82, 2.24) is 9.97 Å². The van der Waals surface area contributed by atoms with Crippen molar-refractivity contribution in [3.63, 3.8) is 0 Å². The van der Waals surface area contributed by atoms with Crippen LogP contribution in [0.15, 0.2) is 5.16 Å². The van der Waals surface area contributed by atoms with E-state index in [1.807, 2.05) is 13.2 Å². The summed E-state index contributed by atoms with van der Waals surface area (Å²) >= 11 is 13.1. The standard InChI is InChI=1S/C7H9Cl2N3S/c1-3-10-6-4(8)5(9)11-7(12-6)13-2/h3H2,1-2H3,(H,10,11,12). The van der Waals surface area contributed by atoms with E-state index in [1.54, 1.807) is 0 Å². The van der Waals surface area contributed by atoms with Gasteiger partial charge in [-0.05, 0) is 13.2 Å². The van der Waals surface area contributed by atoms with Crippen molar-refractivity contribution in [2.75, 3.05) is 18.1 Å². The molecule has 0 fully saturated rings. The molecule has 72 valence electrons. The largest absolute Gasteiger partial charge is 0.369 e. The molecule has 0 aliphatic carbocycles. The zero-order valence-corrected chi connectivity index (χ0v) is 9.59. The minimum atomic E-state index is 0.289. The predicted octanol–water partition coefficient (Wildman–Crippen LogP) is 2.94. The van der Waals surface area contributed by atoms with E-state index in [2.05, 4.69) is 15.3 Å². The Morgan fingerprint density at radius 3 is 2.62 bits per heavy atom. The van der Waals surface area contributed by atoms with E-state index in [0.717, 1.165) is 6.54 Å². The molecule has 0 aromatic carbocycles. The Bertz CT molecular complexity index is 306. The maximum Gasteiger partial charge on any atom is 0.190 e. The summed E-state index contributed by atoms with van der Waals surface area (Å²) in [5, 5.41) is 4.29. The number of hydrogen-bond donors (Lipinski definition) is 1. The Kier molecular flexibility index (Phi) is 4.09. The number of nitrogens with zero attached hydrogens (tertiary/aromatic N) is 2. The lowest BCUT2D eigenvalue weighted by molar-refractivity contribution is 0.963. The lowest BCUT2D eigenvalue weighted by Gasteiger charge is -2.06. The van der Waals surface area contributed by atoms with E-state index >= 15 is 0 Å². The highest BCUT2D eigenvalue weighted by molar-refractivity contribution is 7.98. The van der Waals surface area contributed by atoms with Gasteiger partial charge in [0.2, 0.25) is 0 Å². The summed E-state index contributed by atoms with van der Waals surface area (Å²) in [6.07, 6.45) is 1.88. The first kappa shape index (κ1) is 10.9. The maximum atomic E-state index is 5.87. The first-order valence-electron chi connectivity index (χ1n) is 3.70. The van der Waals surface area contributed by atoms with E-state index in [-0.39, 0.29) is 5.15 Å². The molecule has 0 spiro atoms. The zero-order valence-electron chi connectivity index (χ0n) is 7.27. The number of halogens is 2. The molecule has 1 N–H and O–H groups in total. The van der Waals surface area contributed by atoms with Crippen molar-refractivity contribution in [3.05, 3.63) is 10.2 Å². The van der Waals surface area contributed by atoms with E-state index in [1.165, 1.54) is 11.8 Å². The monoisotopic (exact) mass is 237 g/mol. The fourth-order valence-electron chi connectivity index (χ4n) is 0.776. The fourth-order valence-corrected chi connectivity index (χ4v) is 1.51. The van der Waals surface area contributed by atoms with Crippen LogP contribution in [0.3, 0.4) is 0 Å². The highest BCUT2D eigenvalue weighted by Crippen LogP contribution is 2.28. The molecule has 0 aliphatic rings. The third kappa shape index (κ3) is 2.62. The third-order valence-electron chi connectivity index (χ3n) is 1.32. The summed E-state index contributed by atoms with van der Waals surface area (Å²) in [6, 6.07) is 0. The predicted molar refractivity (Wildman–Crippen MR) is 58.0 cm³/mol. The van der Waals surface area contributed by atoms with Gasteiger partial charge >= 0.3 is 0 Å². The molecule has 13 heavy (non-hydrogen) atoms. The number of rotatable bonds is 3. The van der Waals surface area contributed by atoms with Crippen molar-refractivity contribution in [2.45, 2.75) is 12.1 Å². The van der Waals surface area contributed by atoms with Gasteiger partial charge in [-0.2, -0.15) is 0 Å². The molecule has 0 radical (unpaired) electrons. The summed E-state index contributed by atoms with van der Waals surface area (Å²) in [4.78, 5) is 8.15. The van der Waals surface area contributed by atoms with Crippen molar-refractivity contribution >= 4 is 40.8 Å². The zero-order chi connectivity index (χ0) is 9.84. The second-order valence-corrected chi connectivity index (χ2v) is 3.70. The first-order chi connectivity index (χ1) is 6.19. The van der Waals surface area contributed by atoms with Crippen LogP contribution in [0.1, 0.15) is 6.92 Å². The topological polar surface area (TPSA) is 37.8 Å². The molecule has 0 aliphatic heterocycles. The molecule has 0 unspecified atom stereocenters. The number of nitrogens with one attached hydrogen (secondary N) is 1. The Hall–Kier alpha value is -0.190. The molecule has 0 atom stereocenters. The van der Waals surface area contributed by atoms with Gasteiger partial charge in [-0.25, -0.2) is 9.97 Å². The summed E-state index contributed by atoms with van der Waals surface area (Å²) in [6.45, 7) is 2.71. The summed E-state index contributed by atoms with van der Waals surface area (Å²) in [5.41, 5.74) is 0. The van der Waals surface area contributed by atoms with E-state index in [9.17, 15) is 0 Å². The number of thioether (sulfide) groups is 1. The smallest absolute Gasteiger partial charge is 0.190 e. The summed E-state index contributed by atoms with van der Waals surface area (Å²) in [7, 11) is 0. The van der Waals surface area contributed by atoms with Crippen LogP contribution in [-0.2, 0) is 0 Å². The van der Waals surface area contributed by atoms with Crippen LogP contribution in [0.25, 0.3) is 0 Å². The molecule has 0 saturated heterocycles. The molecule has 1 aromatic heterocycles. The quantitative estimate of drug-likeness (QED) is 0.499. The molecule has 1 rings (SSSR count). The molecule has 1 heterocycles. The van der Waals surface area contributed by atoms with Gasteiger partial charge in [0.25, 0.3) is 0 Å². The van der Waals surface area contributed by atoms with Gasteiger partial charge in [0.15, 0.2) is 16.1 Å². The minimum Gasteiger partial charge on any atom is -0.369 e. The first-order valence-corrected chi connectivity index (χ1v) is 5.68. The highest BCUT2D eigenvalue weighted by atomic mass is 35.5. The molecule has 3 nitrogen and oxygen atoms in total. The SMILES string of the molecule is CCNc1nc(SC)nc(Cl)c1Cl. The number of hydrogen-bond acceptors (Lipinski definition) is 4. The second-order valence-electron chi connectivity index (χ2n) is 2.19. The molecule has 0 saturated carbocycles. The third-order valence-corrected chi connectivity index (χ3v) is 2.59. The lowest BCUT2D eigenvalue weighted by atomic mass is 10.5. The van der Waals surface area contributed by atoms with E-state index in [0.29, 0.717) is 16.0 Å². The second kappa shape index (κ2) is 4.88. The van der Waals surface area contributed by atoms with Crippen LogP contribution < -0.4 is 5.32 Å². The van der Waals surface area contributed by atoms with Crippen LogP contribution in [-0.4, -0.2) is 22.8 Å². The van der Waals surface area contributed by atoms with Crippen LogP contribution in [0.2, 0.25) is 10.2 Å². The Balaban J connectivity index is 3.09. The average Bonchev–Trinajstić information content (AvgIpc) is 2.13. The number of aromatic nitrogens is 2. The Morgan fingerprint density at radius 1 is 1.38 bits per heavy atom. The van der Waals surface area contributed by atoms with E-state index < -0.39 is 0 Å². The maximum absolute atomic E-state index is 5.87. The fraction of sp³-hybridized carbons (Fsp3) is 0.429. The minimum absolute atomic E-state index is 0.289. The lowest BCUT2D eigenvalue weighted by Crippen LogP contribution is -2.02. The molecular weight excluding hydrogens is 229 g/mol. The summed E-state index contributed by atoms with van der Waals surface area (Å²) in [5.74, 6) is 0.591. The van der Waals surface area contributed by atoms with Gasteiger partial charge in [0.1, 0.15) is 5.02 Å². The molecule has 6 heteroatoms. The molecule has 0 amide bonds. The van der Waals surface area contributed by atoms with Crippen molar-refractivity contribution in [3.8, 4) is 0 Å². The van der Waals surface area contributed by atoms with Gasteiger partial charge in [0, 0.05) is 6.54 Å². The average molecular weight is 238 g/mol. The molecule has 0 bridgehead atoms. The summed E-state index contributed by atoms with van der Waals surface area (Å²) < 4.78 is 0. The number of anilines is 1. The van der Waals surface area contributed by atoms with Crippen molar-refractivity contribution in [1.29, 1.82) is 0 Å². The van der Waals surface area contributed by atoms with Crippen LogP contribution in [0.5, 0.6) is 0 Å².